The van der Waals surface area contributed by atoms with Crippen LogP contribution in [0.3, 0.4) is 0 Å². The number of piperidine rings is 1. The number of hydrogen-bond donors (Lipinski definition) is 2. The van der Waals surface area contributed by atoms with Crippen molar-refractivity contribution >= 4 is 16.9 Å². The standard InChI is InChI=1S/C19H23N5O3/c1-23(12-18-20-15-4-2-3-5-16(15)21-18)19(26)17-10-14(27-22-17)11-24-8-6-13(25)7-9-24/h2-5,10,13,25H,6-9,11-12H2,1H3,(H,20,21). The molecule has 0 aliphatic carbocycles. The van der Waals surface area contributed by atoms with Crippen molar-refractivity contribution in [2.75, 3.05) is 20.1 Å². The summed E-state index contributed by atoms with van der Waals surface area (Å²) in [6.07, 6.45) is 1.32. The molecule has 0 spiro atoms. The Hall–Kier alpha value is -2.71. The van der Waals surface area contributed by atoms with E-state index in [0.29, 0.717) is 24.5 Å². The number of aromatic nitrogens is 3. The Morgan fingerprint density at radius 1 is 1.37 bits per heavy atom. The van der Waals surface area contributed by atoms with Crippen LogP contribution in [0.2, 0.25) is 0 Å². The van der Waals surface area contributed by atoms with E-state index >= 15 is 0 Å². The Morgan fingerprint density at radius 2 is 2.15 bits per heavy atom. The summed E-state index contributed by atoms with van der Waals surface area (Å²) in [6, 6.07) is 9.46. The van der Waals surface area contributed by atoms with E-state index < -0.39 is 0 Å². The summed E-state index contributed by atoms with van der Waals surface area (Å²) in [4.78, 5) is 24.1. The molecule has 3 heterocycles. The van der Waals surface area contributed by atoms with Crippen LogP contribution < -0.4 is 0 Å². The van der Waals surface area contributed by atoms with Crippen molar-refractivity contribution in [3.8, 4) is 0 Å². The molecule has 27 heavy (non-hydrogen) atoms. The summed E-state index contributed by atoms with van der Waals surface area (Å²) >= 11 is 0. The summed E-state index contributed by atoms with van der Waals surface area (Å²) in [6.45, 7) is 2.59. The number of H-pyrrole nitrogens is 1. The number of imidazole rings is 1. The number of nitrogens with zero attached hydrogens (tertiary/aromatic N) is 4. The zero-order valence-corrected chi connectivity index (χ0v) is 15.3. The van der Waals surface area contributed by atoms with Gasteiger partial charge in [-0.2, -0.15) is 0 Å². The van der Waals surface area contributed by atoms with Crippen molar-refractivity contribution in [1.82, 2.24) is 24.9 Å². The Kier molecular flexibility index (Phi) is 4.91. The fourth-order valence-corrected chi connectivity index (χ4v) is 3.36. The minimum atomic E-state index is -0.209. The number of carbonyl (C=O) groups is 1. The fraction of sp³-hybridized carbons (Fsp3) is 0.421. The minimum absolute atomic E-state index is 0.208. The van der Waals surface area contributed by atoms with Crippen LogP contribution in [-0.4, -0.2) is 62.2 Å². The van der Waals surface area contributed by atoms with Crippen molar-refractivity contribution in [2.24, 2.45) is 0 Å². The largest absolute Gasteiger partial charge is 0.393 e. The van der Waals surface area contributed by atoms with Gasteiger partial charge in [0.05, 0.1) is 30.2 Å². The van der Waals surface area contributed by atoms with Crippen LogP contribution in [0.25, 0.3) is 11.0 Å². The molecule has 0 unspecified atom stereocenters. The molecule has 3 aromatic rings. The molecule has 8 nitrogen and oxygen atoms in total. The van der Waals surface area contributed by atoms with Crippen molar-refractivity contribution in [2.45, 2.75) is 32.0 Å². The molecule has 1 amide bonds. The third kappa shape index (κ3) is 4.01. The van der Waals surface area contributed by atoms with E-state index in [1.165, 1.54) is 0 Å². The van der Waals surface area contributed by atoms with Crippen molar-refractivity contribution in [3.05, 3.63) is 47.6 Å². The Bertz CT molecular complexity index is 893. The summed E-state index contributed by atoms with van der Waals surface area (Å²) in [5.74, 6) is 1.18. The van der Waals surface area contributed by atoms with Gasteiger partial charge in [0.2, 0.25) is 0 Å². The molecule has 1 aliphatic heterocycles. The molecular weight excluding hydrogens is 346 g/mol. The fourth-order valence-electron chi connectivity index (χ4n) is 3.36. The van der Waals surface area contributed by atoms with Crippen LogP contribution >= 0.6 is 0 Å². The normalized spacial score (nSPS) is 16.1. The van der Waals surface area contributed by atoms with E-state index in [4.69, 9.17) is 4.52 Å². The van der Waals surface area contributed by atoms with Crippen LogP contribution in [0, 0.1) is 0 Å². The zero-order valence-electron chi connectivity index (χ0n) is 15.3. The van der Waals surface area contributed by atoms with Crippen LogP contribution in [-0.2, 0) is 13.1 Å². The molecule has 2 N–H and O–H groups in total. The lowest BCUT2D eigenvalue weighted by molar-refractivity contribution is 0.0742. The van der Waals surface area contributed by atoms with Gasteiger partial charge in [-0.25, -0.2) is 4.98 Å². The van der Waals surface area contributed by atoms with Crippen LogP contribution in [0.1, 0.15) is 34.9 Å². The molecule has 1 saturated heterocycles. The van der Waals surface area contributed by atoms with E-state index in [0.717, 1.165) is 42.8 Å². The number of aliphatic hydroxyl groups excluding tert-OH is 1. The molecule has 0 bridgehead atoms. The lowest BCUT2D eigenvalue weighted by atomic mass is 10.1. The number of aliphatic hydroxyl groups is 1. The molecule has 1 fully saturated rings. The maximum Gasteiger partial charge on any atom is 0.276 e. The second-order valence-electron chi connectivity index (χ2n) is 7.05. The lowest BCUT2D eigenvalue weighted by Gasteiger charge is -2.28. The van der Waals surface area contributed by atoms with Crippen LogP contribution in [0.15, 0.2) is 34.9 Å². The maximum atomic E-state index is 12.6. The number of amides is 1. The van der Waals surface area contributed by atoms with Crippen molar-refractivity contribution < 1.29 is 14.4 Å². The molecule has 8 heteroatoms. The number of aromatic amines is 1. The first-order valence-electron chi connectivity index (χ1n) is 9.13. The summed E-state index contributed by atoms with van der Waals surface area (Å²) in [5.41, 5.74) is 2.12. The molecule has 142 valence electrons. The van der Waals surface area contributed by atoms with Gasteiger partial charge in [0.25, 0.3) is 5.91 Å². The third-order valence-corrected chi connectivity index (χ3v) is 4.89. The van der Waals surface area contributed by atoms with E-state index in [2.05, 4.69) is 20.0 Å². The highest BCUT2D eigenvalue weighted by Crippen LogP contribution is 2.16. The highest BCUT2D eigenvalue weighted by Gasteiger charge is 2.21. The third-order valence-electron chi connectivity index (χ3n) is 4.89. The molecule has 0 radical (unpaired) electrons. The molecule has 4 rings (SSSR count). The second kappa shape index (κ2) is 7.50. The molecule has 0 atom stereocenters. The number of likely N-dealkylation sites (tertiary alicyclic amines) is 1. The van der Waals surface area contributed by atoms with Gasteiger partial charge in [-0.15, -0.1) is 0 Å². The summed E-state index contributed by atoms with van der Waals surface area (Å²) in [7, 11) is 1.72. The van der Waals surface area contributed by atoms with Crippen LogP contribution in [0.5, 0.6) is 0 Å². The Morgan fingerprint density at radius 3 is 2.93 bits per heavy atom. The highest BCUT2D eigenvalue weighted by molar-refractivity contribution is 5.92. The summed E-state index contributed by atoms with van der Waals surface area (Å²) < 4.78 is 5.34. The van der Waals surface area contributed by atoms with Crippen LogP contribution in [0.4, 0.5) is 0 Å². The molecule has 0 saturated carbocycles. The Balaban J connectivity index is 1.38. The minimum Gasteiger partial charge on any atom is -0.393 e. The Labute approximate surface area is 156 Å². The monoisotopic (exact) mass is 369 g/mol. The lowest BCUT2D eigenvalue weighted by Crippen LogP contribution is -2.35. The van der Waals surface area contributed by atoms with Gasteiger partial charge in [0, 0.05) is 26.2 Å². The van der Waals surface area contributed by atoms with Gasteiger partial charge in [-0.1, -0.05) is 17.3 Å². The maximum absolute atomic E-state index is 12.6. The number of nitrogens with one attached hydrogen (secondary N) is 1. The first kappa shape index (κ1) is 17.7. The predicted octanol–water partition coefficient (Wildman–Crippen LogP) is 1.78. The number of para-hydroxylation sites is 2. The number of hydrogen-bond acceptors (Lipinski definition) is 6. The first-order chi connectivity index (χ1) is 13.1. The molecule has 2 aromatic heterocycles. The second-order valence-corrected chi connectivity index (χ2v) is 7.05. The van der Waals surface area contributed by atoms with Gasteiger partial charge in [0.1, 0.15) is 5.82 Å². The number of carbonyl (C=O) groups excluding carboxylic acids is 1. The number of fused-ring (bicyclic) bond motifs is 1. The topological polar surface area (TPSA) is 98.5 Å². The quantitative estimate of drug-likeness (QED) is 0.711. The predicted molar refractivity (Wildman–Crippen MR) is 98.9 cm³/mol. The summed E-state index contributed by atoms with van der Waals surface area (Å²) in [5, 5.41) is 13.5. The van der Waals surface area contributed by atoms with E-state index in [1.807, 2.05) is 24.3 Å². The van der Waals surface area contributed by atoms with Gasteiger partial charge in [0.15, 0.2) is 11.5 Å². The van der Waals surface area contributed by atoms with E-state index in [1.54, 1.807) is 18.0 Å². The first-order valence-corrected chi connectivity index (χ1v) is 9.13. The van der Waals surface area contributed by atoms with Gasteiger partial charge >= 0.3 is 0 Å². The zero-order chi connectivity index (χ0) is 18.8. The molecule has 1 aliphatic rings. The van der Waals surface area contributed by atoms with Gasteiger partial charge < -0.3 is 19.5 Å². The van der Waals surface area contributed by atoms with E-state index in [9.17, 15) is 9.90 Å². The number of benzene rings is 1. The molecule has 1 aromatic carbocycles. The average molecular weight is 369 g/mol. The van der Waals surface area contributed by atoms with Gasteiger partial charge in [-0.3, -0.25) is 9.69 Å². The SMILES string of the molecule is CN(Cc1nc2ccccc2[nH]1)C(=O)c1cc(CN2CCC(O)CC2)on1. The van der Waals surface area contributed by atoms with Crippen molar-refractivity contribution in [3.63, 3.8) is 0 Å². The smallest absolute Gasteiger partial charge is 0.276 e. The van der Waals surface area contributed by atoms with Crippen molar-refractivity contribution in [1.29, 1.82) is 0 Å². The molecular formula is C19H23N5O3. The average Bonchev–Trinajstić information content (AvgIpc) is 3.29. The number of rotatable bonds is 5. The highest BCUT2D eigenvalue weighted by atomic mass is 16.5. The van der Waals surface area contributed by atoms with Gasteiger partial charge in [-0.05, 0) is 25.0 Å². The van der Waals surface area contributed by atoms with E-state index in [-0.39, 0.29) is 12.0 Å².